The molecule has 0 radical (unpaired) electrons. The number of rotatable bonds is 4. The Hall–Kier alpha value is -3.45. The Kier molecular flexibility index (Phi) is 3.38. The van der Waals surface area contributed by atoms with Crippen LogP contribution in [-0.4, -0.2) is 19.6 Å². The summed E-state index contributed by atoms with van der Waals surface area (Å²) in [6.45, 7) is 0. The molecule has 0 aliphatic carbocycles. The molecule has 4 aromatic rings. The highest BCUT2D eigenvalue weighted by Crippen LogP contribution is 2.44. The van der Waals surface area contributed by atoms with Gasteiger partial charge in [-0.1, -0.05) is 24.3 Å². The van der Waals surface area contributed by atoms with Crippen LogP contribution in [0.3, 0.4) is 0 Å². The Morgan fingerprint density at radius 3 is 3.00 bits per heavy atom. The zero-order valence-electron chi connectivity index (χ0n) is 14.1. The third-order valence-corrected chi connectivity index (χ3v) is 5.20. The Morgan fingerprint density at radius 2 is 2.15 bits per heavy atom. The average Bonchev–Trinajstić information content (AvgIpc) is 3.37. The van der Waals surface area contributed by atoms with Gasteiger partial charge in [0.2, 0.25) is 0 Å². The molecule has 2 aromatic heterocycles. The summed E-state index contributed by atoms with van der Waals surface area (Å²) in [5.41, 5.74) is 3.73. The summed E-state index contributed by atoms with van der Waals surface area (Å²) in [5, 5.41) is 23.2. The van der Waals surface area contributed by atoms with Gasteiger partial charge in [0.15, 0.2) is 0 Å². The fourth-order valence-electron chi connectivity index (χ4n) is 3.95. The van der Waals surface area contributed by atoms with Crippen molar-refractivity contribution in [2.75, 3.05) is 0 Å². The van der Waals surface area contributed by atoms with Crippen LogP contribution in [0.15, 0.2) is 65.7 Å². The van der Waals surface area contributed by atoms with Crippen molar-refractivity contribution in [2.45, 2.75) is 18.6 Å². The molecule has 1 N–H and O–H groups in total. The van der Waals surface area contributed by atoms with Gasteiger partial charge in [-0.05, 0) is 17.7 Å². The fourth-order valence-corrected chi connectivity index (χ4v) is 3.95. The Morgan fingerprint density at radius 1 is 1.30 bits per heavy atom. The number of fused-ring (bicyclic) bond motifs is 4. The number of nitrogens with zero attached hydrogens (tertiary/aromatic N) is 3. The van der Waals surface area contributed by atoms with Gasteiger partial charge in [-0.15, -0.1) is 0 Å². The number of hydrogen-bond donors (Lipinski definition) is 1. The molecule has 134 valence electrons. The zero-order valence-corrected chi connectivity index (χ0v) is 14.1. The van der Waals surface area contributed by atoms with Crippen LogP contribution in [0.2, 0.25) is 0 Å². The molecule has 7 nitrogen and oxygen atoms in total. The molecule has 3 heterocycles. The van der Waals surface area contributed by atoms with E-state index in [-0.39, 0.29) is 11.7 Å². The number of aliphatic hydroxyl groups is 1. The summed E-state index contributed by atoms with van der Waals surface area (Å²) < 4.78 is 7.27. The second-order valence-corrected chi connectivity index (χ2v) is 6.67. The molecule has 7 heteroatoms. The van der Waals surface area contributed by atoms with Crippen LogP contribution in [-0.2, 0) is 0 Å². The topological polar surface area (TPSA) is 94.3 Å². The van der Waals surface area contributed by atoms with Crippen LogP contribution in [0, 0.1) is 10.1 Å². The molecular weight excluding hydrogens is 346 g/mol. The van der Waals surface area contributed by atoms with E-state index >= 15 is 0 Å². The number of hydrogen-bond acceptors (Lipinski definition) is 5. The van der Waals surface area contributed by atoms with Crippen molar-refractivity contribution in [1.29, 1.82) is 0 Å². The van der Waals surface area contributed by atoms with Gasteiger partial charge in [-0.25, -0.2) is 4.98 Å². The smallest absolute Gasteiger partial charge is 0.278 e. The van der Waals surface area contributed by atoms with Crippen LogP contribution in [0.5, 0.6) is 0 Å². The lowest BCUT2D eigenvalue weighted by Crippen LogP contribution is -2.11. The van der Waals surface area contributed by atoms with Gasteiger partial charge in [0.1, 0.15) is 5.58 Å². The maximum absolute atomic E-state index is 11.5. The highest BCUT2D eigenvalue weighted by molar-refractivity contribution is 5.81. The molecular formula is C20H15N3O4. The monoisotopic (exact) mass is 361 g/mol. The number of aliphatic hydroxyl groups excluding tert-OH is 1. The van der Waals surface area contributed by atoms with E-state index in [0.717, 1.165) is 22.2 Å². The molecule has 0 spiro atoms. The molecule has 27 heavy (non-hydrogen) atoms. The van der Waals surface area contributed by atoms with Crippen LogP contribution in [0.4, 0.5) is 5.69 Å². The highest BCUT2D eigenvalue weighted by Gasteiger charge is 2.32. The van der Waals surface area contributed by atoms with Gasteiger partial charge < -0.3 is 14.1 Å². The summed E-state index contributed by atoms with van der Waals surface area (Å²) in [6.07, 6.45) is 4.32. The van der Waals surface area contributed by atoms with E-state index in [1.54, 1.807) is 24.7 Å². The number of benzene rings is 2. The Balaban J connectivity index is 1.56. The van der Waals surface area contributed by atoms with Crippen molar-refractivity contribution in [3.05, 3.63) is 82.5 Å². The van der Waals surface area contributed by atoms with Crippen LogP contribution >= 0.6 is 0 Å². The third-order valence-electron chi connectivity index (χ3n) is 5.20. The first-order valence-electron chi connectivity index (χ1n) is 8.58. The lowest BCUT2D eigenvalue weighted by Gasteiger charge is -2.19. The van der Waals surface area contributed by atoms with Gasteiger partial charge in [-0.2, -0.15) is 0 Å². The van der Waals surface area contributed by atoms with Crippen molar-refractivity contribution < 1.29 is 14.4 Å². The van der Waals surface area contributed by atoms with E-state index in [2.05, 4.69) is 4.98 Å². The normalized spacial score (nSPS) is 16.3. The maximum atomic E-state index is 11.5. The van der Waals surface area contributed by atoms with Crippen LogP contribution in [0.25, 0.3) is 22.2 Å². The van der Waals surface area contributed by atoms with Crippen molar-refractivity contribution in [1.82, 2.24) is 9.55 Å². The number of aromatic nitrogens is 2. The van der Waals surface area contributed by atoms with Crippen molar-refractivity contribution >= 4 is 16.7 Å². The van der Waals surface area contributed by atoms with Gasteiger partial charge in [0.25, 0.3) is 5.69 Å². The summed E-state index contributed by atoms with van der Waals surface area (Å²) >= 11 is 0. The number of furan rings is 1. The summed E-state index contributed by atoms with van der Waals surface area (Å²) in [7, 11) is 0. The molecule has 0 amide bonds. The van der Waals surface area contributed by atoms with E-state index < -0.39 is 11.0 Å². The molecule has 2 atom stereocenters. The van der Waals surface area contributed by atoms with Crippen LogP contribution < -0.4 is 0 Å². The predicted octanol–water partition coefficient (Wildman–Crippen LogP) is 4.23. The van der Waals surface area contributed by atoms with Gasteiger partial charge in [0.05, 0.1) is 53.2 Å². The molecule has 0 saturated carbocycles. The summed E-state index contributed by atoms with van der Waals surface area (Å²) in [6, 6.07) is 12.6. The summed E-state index contributed by atoms with van der Waals surface area (Å²) in [4.78, 5) is 15.3. The van der Waals surface area contributed by atoms with Gasteiger partial charge in [-0.3, -0.25) is 10.1 Å². The van der Waals surface area contributed by atoms with Crippen molar-refractivity contribution in [3.63, 3.8) is 0 Å². The third kappa shape index (κ3) is 2.36. The van der Waals surface area contributed by atoms with Gasteiger partial charge >= 0.3 is 0 Å². The maximum Gasteiger partial charge on any atom is 0.278 e. The molecule has 0 saturated heterocycles. The molecule has 2 aromatic carbocycles. The number of nitro groups is 1. The SMILES string of the molecule is O=[N+]([O-])c1cc2occc2cc1C(O)CC1c2ccccc2-c2cncn21. The lowest BCUT2D eigenvalue weighted by molar-refractivity contribution is -0.386. The number of nitro benzene ring substituents is 1. The summed E-state index contributed by atoms with van der Waals surface area (Å²) in [5.74, 6) is 0. The zero-order chi connectivity index (χ0) is 18.5. The van der Waals surface area contributed by atoms with E-state index in [0.29, 0.717) is 17.6 Å². The molecule has 1 aliphatic heterocycles. The highest BCUT2D eigenvalue weighted by atomic mass is 16.6. The predicted molar refractivity (Wildman–Crippen MR) is 98.2 cm³/mol. The van der Waals surface area contributed by atoms with Gasteiger partial charge in [0, 0.05) is 17.4 Å². The first-order valence-corrected chi connectivity index (χ1v) is 8.58. The minimum absolute atomic E-state index is 0.131. The Bertz CT molecular complexity index is 1180. The molecule has 1 aliphatic rings. The molecule has 0 bridgehead atoms. The first kappa shape index (κ1) is 15.8. The fraction of sp³-hybridized carbons (Fsp3) is 0.150. The molecule has 2 unspecified atom stereocenters. The average molecular weight is 361 g/mol. The second kappa shape index (κ2) is 5.78. The van der Waals surface area contributed by atoms with Crippen molar-refractivity contribution in [2.24, 2.45) is 0 Å². The molecule has 0 fully saturated rings. The quantitative estimate of drug-likeness (QED) is 0.433. The second-order valence-electron chi connectivity index (χ2n) is 6.67. The standard InChI is InChI=1S/C20H15N3O4/c24-19(15-7-12-5-6-27-20(12)9-17(15)23(25)26)8-16-13-3-1-2-4-14(13)18-10-21-11-22(16)18/h1-7,9-11,16,19,24H,8H2. The minimum Gasteiger partial charge on any atom is -0.464 e. The van der Waals surface area contributed by atoms with E-state index in [1.807, 2.05) is 28.8 Å². The number of imidazole rings is 1. The van der Waals surface area contributed by atoms with Crippen molar-refractivity contribution in [3.8, 4) is 11.3 Å². The van der Waals surface area contributed by atoms with E-state index in [9.17, 15) is 15.2 Å². The lowest BCUT2D eigenvalue weighted by atomic mass is 9.94. The van der Waals surface area contributed by atoms with E-state index in [4.69, 9.17) is 4.42 Å². The minimum atomic E-state index is -1.00. The van der Waals surface area contributed by atoms with Crippen LogP contribution in [0.1, 0.15) is 29.7 Å². The molecule has 5 rings (SSSR count). The van der Waals surface area contributed by atoms with E-state index in [1.165, 1.54) is 12.3 Å². The first-order chi connectivity index (χ1) is 13.1. The largest absolute Gasteiger partial charge is 0.464 e. The Labute approximate surface area is 153 Å².